The summed E-state index contributed by atoms with van der Waals surface area (Å²) >= 11 is 0. The highest BCUT2D eigenvalue weighted by molar-refractivity contribution is 5.66. The Hall–Kier alpha value is -1.93. The maximum atomic E-state index is 13.3. The molecule has 7 nitrogen and oxygen atoms in total. The molecule has 0 aliphatic rings. The van der Waals surface area contributed by atoms with Crippen LogP contribution in [0.2, 0.25) is 0 Å². The minimum Gasteiger partial charge on any atom is -0.394 e. The second kappa shape index (κ2) is 5.41. The van der Waals surface area contributed by atoms with Crippen molar-refractivity contribution in [2.45, 2.75) is 6.10 Å². The molecule has 0 aliphatic carbocycles. The molecule has 94 valence electrons. The van der Waals surface area contributed by atoms with Gasteiger partial charge in [-0.3, -0.25) is 10.1 Å². The van der Waals surface area contributed by atoms with Crippen molar-refractivity contribution in [3.63, 3.8) is 0 Å². The standard InChI is InChI=1S/C9H12FN3O4/c10-6-1-7(11)9(13(16)17)2-8(6)12-3-5(15)4-14/h1-2,5,12,14-15H,3-4,11H2. The van der Waals surface area contributed by atoms with Gasteiger partial charge in [-0.2, -0.15) is 0 Å². The summed E-state index contributed by atoms with van der Waals surface area (Å²) in [5.41, 5.74) is 4.42. The van der Waals surface area contributed by atoms with Gasteiger partial charge < -0.3 is 21.3 Å². The number of nitrogen functional groups attached to an aromatic ring is 1. The third-order valence-corrected chi connectivity index (χ3v) is 2.05. The first kappa shape index (κ1) is 13.1. The van der Waals surface area contributed by atoms with E-state index in [2.05, 4.69) is 5.32 Å². The average molecular weight is 245 g/mol. The van der Waals surface area contributed by atoms with E-state index in [0.717, 1.165) is 12.1 Å². The van der Waals surface area contributed by atoms with Crippen molar-refractivity contribution in [3.05, 3.63) is 28.1 Å². The number of hydrogen-bond donors (Lipinski definition) is 4. The fourth-order valence-electron chi connectivity index (χ4n) is 1.16. The predicted molar refractivity (Wildman–Crippen MR) is 59.0 cm³/mol. The van der Waals surface area contributed by atoms with E-state index in [1.165, 1.54) is 0 Å². The number of halogens is 1. The highest BCUT2D eigenvalue weighted by Gasteiger charge is 2.16. The zero-order chi connectivity index (χ0) is 13.0. The molecule has 0 saturated carbocycles. The number of nitro groups is 1. The van der Waals surface area contributed by atoms with Crippen LogP contribution in [-0.2, 0) is 0 Å². The van der Waals surface area contributed by atoms with E-state index in [1.54, 1.807) is 0 Å². The Kier molecular flexibility index (Phi) is 4.18. The van der Waals surface area contributed by atoms with Crippen LogP contribution in [-0.4, -0.2) is 34.4 Å². The number of nitrogens with zero attached hydrogens (tertiary/aromatic N) is 1. The predicted octanol–water partition coefficient (Wildman–Crippen LogP) is 0.0812. The first-order chi connectivity index (χ1) is 7.95. The van der Waals surface area contributed by atoms with E-state index in [1.807, 2.05) is 0 Å². The van der Waals surface area contributed by atoms with Crippen molar-refractivity contribution >= 4 is 17.1 Å². The molecule has 1 rings (SSSR count). The molecule has 1 atom stereocenters. The highest BCUT2D eigenvalue weighted by Crippen LogP contribution is 2.28. The lowest BCUT2D eigenvalue weighted by Crippen LogP contribution is -2.23. The normalized spacial score (nSPS) is 12.2. The van der Waals surface area contributed by atoms with Crippen molar-refractivity contribution in [1.82, 2.24) is 0 Å². The van der Waals surface area contributed by atoms with Gasteiger partial charge in [-0.1, -0.05) is 0 Å². The van der Waals surface area contributed by atoms with Crippen LogP contribution in [0.25, 0.3) is 0 Å². The summed E-state index contributed by atoms with van der Waals surface area (Å²) < 4.78 is 13.3. The van der Waals surface area contributed by atoms with E-state index >= 15 is 0 Å². The van der Waals surface area contributed by atoms with Crippen molar-refractivity contribution in [2.75, 3.05) is 24.2 Å². The SMILES string of the molecule is Nc1cc(F)c(NCC(O)CO)cc1[N+](=O)[O-]. The van der Waals surface area contributed by atoms with Crippen LogP contribution in [0.15, 0.2) is 12.1 Å². The largest absolute Gasteiger partial charge is 0.394 e. The van der Waals surface area contributed by atoms with Gasteiger partial charge in [0.05, 0.1) is 23.3 Å². The lowest BCUT2D eigenvalue weighted by atomic mass is 10.2. The first-order valence-electron chi connectivity index (χ1n) is 4.72. The molecule has 0 heterocycles. The summed E-state index contributed by atoms with van der Waals surface area (Å²) in [6.45, 7) is -0.625. The molecule has 8 heteroatoms. The van der Waals surface area contributed by atoms with E-state index < -0.39 is 29.1 Å². The van der Waals surface area contributed by atoms with Gasteiger partial charge in [-0.25, -0.2) is 4.39 Å². The van der Waals surface area contributed by atoms with Gasteiger partial charge in [-0.15, -0.1) is 0 Å². The number of nitrogens with one attached hydrogen (secondary N) is 1. The third-order valence-electron chi connectivity index (χ3n) is 2.05. The van der Waals surface area contributed by atoms with Crippen molar-refractivity contribution in [1.29, 1.82) is 0 Å². The summed E-state index contributed by atoms with van der Waals surface area (Å²) in [4.78, 5) is 9.83. The fourth-order valence-corrected chi connectivity index (χ4v) is 1.16. The van der Waals surface area contributed by atoms with Crippen LogP contribution in [0, 0.1) is 15.9 Å². The summed E-state index contributed by atoms with van der Waals surface area (Å²) in [5, 5.41) is 30.6. The number of benzene rings is 1. The summed E-state index contributed by atoms with van der Waals surface area (Å²) in [6, 6.07) is 1.76. The van der Waals surface area contributed by atoms with Gasteiger partial charge in [0.15, 0.2) is 0 Å². The Morgan fingerprint density at radius 1 is 1.59 bits per heavy atom. The van der Waals surface area contributed by atoms with Crippen LogP contribution in [0.1, 0.15) is 0 Å². The Morgan fingerprint density at radius 2 is 2.24 bits per heavy atom. The maximum Gasteiger partial charge on any atom is 0.294 e. The van der Waals surface area contributed by atoms with E-state index in [4.69, 9.17) is 15.9 Å². The molecule has 5 N–H and O–H groups in total. The summed E-state index contributed by atoms with van der Waals surface area (Å²) in [5.74, 6) is -0.766. The molecule has 0 aliphatic heterocycles. The number of nitrogens with two attached hydrogens (primary N) is 1. The Morgan fingerprint density at radius 3 is 2.76 bits per heavy atom. The number of aliphatic hydroxyl groups is 2. The Labute approximate surface area is 95.8 Å². The van der Waals surface area contributed by atoms with Crippen LogP contribution in [0.4, 0.5) is 21.5 Å². The molecular weight excluding hydrogens is 233 g/mol. The second-order valence-electron chi connectivity index (χ2n) is 3.37. The Bertz CT molecular complexity index is 427. The zero-order valence-electron chi connectivity index (χ0n) is 8.76. The third kappa shape index (κ3) is 3.26. The number of rotatable bonds is 5. The zero-order valence-corrected chi connectivity index (χ0v) is 8.76. The Balaban J connectivity index is 2.92. The van der Waals surface area contributed by atoms with Gasteiger partial charge in [0.25, 0.3) is 5.69 Å². The monoisotopic (exact) mass is 245 g/mol. The van der Waals surface area contributed by atoms with Gasteiger partial charge in [-0.05, 0) is 0 Å². The molecule has 17 heavy (non-hydrogen) atoms. The molecule has 0 amide bonds. The summed E-state index contributed by atoms with van der Waals surface area (Å²) in [6.07, 6.45) is -1.08. The van der Waals surface area contributed by atoms with Crippen LogP contribution in [0.3, 0.4) is 0 Å². The summed E-state index contributed by atoms with van der Waals surface area (Å²) in [7, 11) is 0. The molecule has 0 bridgehead atoms. The van der Waals surface area contributed by atoms with E-state index in [0.29, 0.717) is 0 Å². The van der Waals surface area contributed by atoms with Crippen LogP contribution in [0.5, 0.6) is 0 Å². The van der Waals surface area contributed by atoms with Crippen molar-refractivity contribution in [2.24, 2.45) is 0 Å². The molecule has 1 aromatic rings. The quantitative estimate of drug-likeness (QED) is 0.331. The lowest BCUT2D eigenvalue weighted by molar-refractivity contribution is -0.383. The maximum absolute atomic E-state index is 13.3. The van der Waals surface area contributed by atoms with Crippen LogP contribution >= 0.6 is 0 Å². The minimum atomic E-state index is -1.08. The van der Waals surface area contributed by atoms with Crippen LogP contribution < -0.4 is 11.1 Å². The molecule has 0 fully saturated rings. The topological polar surface area (TPSA) is 122 Å². The molecular formula is C9H12FN3O4. The molecule has 1 aromatic carbocycles. The van der Waals surface area contributed by atoms with Gasteiger partial charge >= 0.3 is 0 Å². The highest BCUT2D eigenvalue weighted by atomic mass is 19.1. The van der Waals surface area contributed by atoms with E-state index in [-0.39, 0.29) is 17.9 Å². The molecule has 0 radical (unpaired) electrons. The molecule has 0 spiro atoms. The number of nitro benzene ring substituents is 1. The van der Waals surface area contributed by atoms with Crippen molar-refractivity contribution < 1.29 is 19.5 Å². The lowest BCUT2D eigenvalue weighted by Gasteiger charge is -2.11. The average Bonchev–Trinajstić information content (AvgIpc) is 2.26. The fraction of sp³-hybridized carbons (Fsp3) is 0.333. The molecule has 0 saturated heterocycles. The van der Waals surface area contributed by atoms with Gasteiger partial charge in [0.2, 0.25) is 0 Å². The van der Waals surface area contributed by atoms with Gasteiger partial charge in [0, 0.05) is 18.7 Å². The van der Waals surface area contributed by atoms with E-state index in [9.17, 15) is 14.5 Å². The second-order valence-corrected chi connectivity index (χ2v) is 3.37. The number of aliphatic hydroxyl groups excluding tert-OH is 2. The molecule has 1 unspecified atom stereocenters. The minimum absolute atomic E-state index is 0.130. The van der Waals surface area contributed by atoms with Crippen molar-refractivity contribution in [3.8, 4) is 0 Å². The first-order valence-corrected chi connectivity index (χ1v) is 4.72. The molecule has 0 aromatic heterocycles. The smallest absolute Gasteiger partial charge is 0.294 e. The number of hydrogen-bond acceptors (Lipinski definition) is 6. The number of anilines is 2. The van der Waals surface area contributed by atoms with Gasteiger partial charge in [0.1, 0.15) is 11.5 Å².